The van der Waals surface area contributed by atoms with Crippen LogP contribution in [0.3, 0.4) is 0 Å². The summed E-state index contributed by atoms with van der Waals surface area (Å²) >= 11 is 0. The highest BCUT2D eigenvalue weighted by Gasteiger charge is 2.34. The fourth-order valence-electron chi connectivity index (χ4n) is 2.74. The number of carbonyl (C=O) groups excluding carboxylic acids is 1. The minimum atomic E-state index is 0.232. The van der Waals surface area contributed by atoms with Gasteiger partial charge in [0.25, 0.3) is 0 Å². The van der Waals surface area contributed by atoms with Crippen LogP contribution in [0.4, 0.5) is 0 Å². The number of likely N-dealkylation sites (N-methyl/N-ethyl adjacent to an activating group) is 1. The van der Waals surface area contributed by atoms with Crippen LogP contribution in [0.15, 0.2) is 0 Å². The van der Waals surface area contributed by atoms with E-state index in [1.54, 1.807) is 0 Å². The van der Waals surface area contributed by atoms with Gasteiger partial charge in [0.15, 0.2) is 0 Å². The molecule has 0 radical (unpaired) electrons. The predicted molar refractivity (Wildman–Crippen MR) is 74.7 cm³/mol. The zero-order valence-electron chi connectivity index (χ0n) is 12.5. The molecule has 1 saturated carbocycles. The Kier molecular flexibility index (Phi) is 6.30. The topological polar surface area (TPSA) is 29.5 Å². The number of rotatable bonds is 7. The summed E-state index contributed by atoms with van der Waals surface area (Å²) in [6.45, 7) is 13.1. The van der Waals surface area contributed by atoms with Crippen LogP contribution >= 0.6 is 0 Å². The highest BCUT2D eigenvalue weighted by molar-refractivity contribution is 5.82. The molecule has 0 N–H and O–H groups in total. The van der Waals surface area contributed by atoms with Gasteiger partial charge in [0.2, 0.25) is 0 Å². The molecule has 0 aromatic heterocycles. The van der Waals surface area contributed by atoms with Crippen molar-refractivity contribution in [2.45, 2.75) is 47.0 Å². The third-order valence-electron chi connectivity index (χ3n) is 3.98. The number of carbonyl (C=O) groups is 1. The van der Waals surface area contributed by atoms with E-state index in [9.17, 15) is 4.79 Å². The van der Waals surface area contributed by atoms with Crippen molar-refractivity contribution < 1.29 is 9.53 Å². The van der Waals surface area contributed by atoms with E-state index in [1.165, 1.54) is 0 Å². The maximum absolute atomic E-state index is 12.0. The number of ketones is 1. The molecule has 0 heterocycles. The largest absolute Gasteiger partial charge is 0.380 e. The fourth-order valence-corrected chi connectivity index (χ4v) is 2.74. The molecule has 1 atom stereocenters. The lowest BCUT2D eigenvalue weighted by Gasteiger charge is -2.36. The summed E-state index contributed by atoms with van der Waals surface area (Å²) in [5.41, 5.74) is 0.331. The van der Waals surface area contributed by atoms with Crippen molar-refractivity contribution >= 4 is 5.78 Å². The Morgan fingerprint density at radius 2 is 2.11 bits per heavy atom. The van der Waals surface area contributed by atoms with Gasteiger partial charge in [-0.3, -0.25) is 4.79 Å². The zero-order valence-corrected chi connectivity index (χ0v) is 12.5. The first kappa shape index (κ1) is 15.6. The third-order valence-corrected chi connectivity index (χ3v) is 3.98. The molecule has 1 unspecified atom stereocenters. The van der Waals surface area contributed by atoms with Gasteiger partial charge in [-0.1, -0.05) is 20.8 Å². The number of Topliss-reactive ketones (excluding diaryl/α,β-unsaturated/α-hetero) is 1. The molecule has 0 spiro atoms. The molecular formula is C15H29NO2. The molecule has 1 fully saturated rings. The smallest absolute Gasteiger partial charge is 0.137 e. The highest BCUT2D eigenvalue weighted by atomic mass is 16.5. The monoisotopic (exact) mass is 255 g/mol. The van der Waals surface area contributed by atoms with E-state index in [2.05, 4.69) is 25.7 Å². The minimum absolute atomic E-state index is 0.232. The van der Waals surface area contributed by atoms with E-state index in [0.29, 0.717) is 11.2 Å². The van der Waals surface area contributed by atoms with Crippen molar-refractivity contribution in [1.82, 2.24) is 4.90 Å². The van der Waals surface area contributed by atoms with Crippen LogP contribution in [0.5, 0.6) is 0 Å². The van der Waals surface area contributed by atoms with Crippen LogP contribution in [-0.4, -0.2) is 43.5 Å². The Balaban J connectivity index is 2.44. The molecule has 0 saturated heterocycles. The van der Waals surface area contributed by atoms with Crippen LogP contribution in [-0.2, 0) is 9.53 Å². The summed E-state index contributed by atoms with van der Waals surface area (Å²) in [6, 6.07) is 0. The van der Waals surface area contributed by atoms with Gasteiger partial charge in [0, 0.05) is 32.0 Å². The van der Waals surface area contributed by atoms with Crippen LogP contribution in [0.1, 0.15) is 47.0 Å². The van der Waals surface area contributed by atoms with Crippen LogP contribution in [0, 0.1) is 11.3 Å². The molecule has 1 aliphatic rings. The van der Waals surface area contributed by atoms with Gasteiger partial charge in [-0.15, -0.1) is 0 Å². The second-order valence-electron chi connectivity index (χ2n) is 6.12. The summed E-state index contributed by atoms with van der Waals surface area (Å²) < 4.78 is 5.40. The second kappa shape index (κ2) is 7.25. The zero-order chi connectivity index (χ0) is 13.6. The molecule has 0 aromatic rings. The lowest BCUT2D eigenvalue weighted by molar-refractivity contribution is -0.127. The number of ether oxygens (including phenoxy) is 1. The van der Waals surface area contributed by atoms with E-state index in [4.69, 9.17) is 4.74 Å². The van der Waals surface area contributed by atoms with Crippen LogP contribution < -0.4 is 0 Å². The Morgan fingerprint density at radius 1 is 1.39 bits per heavy atom. The third kappa shape index (κ3) is 5.07. The molecule has 0 aromatic carbocycles. The molecule has 1 rings (SSSR count). The molecule has 0 aliphatic heterocycles. The van der Waals surface area contributed by atoms with E-state index in [-0.39, 0.29) is 5.92 Å². The van der Waals surface area contributed by atoms with Gasteiger partial charge >= 0.3 is 0 Å². The summed E-state index contributed by atoms with van der Waals surface area (Å²) in [7, 11) is 0. The molecule has 1 aliphatic carbocycles. The average Bonchev–Trinajstić information content (AvgIpc) is 2.32. The SMILES string of the molecule is CCOCCN(CC)CC1CC(C)(C)CCC1=O. The number of hydrogen-bond donors (Lipinski definition) is 0. The first-order valence-corrected chi connectivity index (χ1v) is 7.31. The van der Waals surface area contributed by atoms with Gasteiger partial charge in [-0.2, -0.15) is 0 Å². The Hall–Kier alpha value is -0.410. The van der Waals surface area contributed by atoms with Gasteiger partial charge in [0.1, 0.15) is 5.78 Å². The number of hydrogen-bond acceptors (Lipinski definition) is 3. The van der Waals surface area contributed by atoms with Crippen molar-refractivity contribution in [3.05, 3.63) is 0 Å². The standard InChI is InChI=1S/C15H29NO2/c1-5-16(9-10-18-6-2)12-13-11-15(3,4)8-7-14(13)17/h13H,5-12H2,1-4H3. The fraction of sp³-hybridized carbons (Fsp3) is 0.933. The Labute approximate surface area is 112 Å². The van der Waals surface area contributed by atoms with Crippen molar-refractivity contribution in [1.29, 1.82) is 0 Å². The average molecular weight is 255 g/mol. The van der Waals surface area contributed by atoms with Gasteiger partial charge in [0.05, 0.1) is 6.61 Å². The molecule has 0 bridgehead atoms. The lowest BCUT2D eigenvalue weighted by Crippen LogP contribution is -2.40. The number of nitrogens with zero attached hydrogens (tertiary/aromatic N) is 1. The molecule has 18 heavy (non-hydrogen) atoms. The Morgan fingerprint density at radius 3 is 2.72 bits per heavy atom. The molecule has 106 valence electrons. The summed E-state index contributed by atoms with van der Waals surface area (Å²) in [4.78, 5) is 14.4. The second-order valence-corrected chi connectivity index (χ2v) is 6.12. The summed E-state index contributed by atoms with van der Waals surface area (Å²) in [6.07, 6.45) is 2.85. The maximum atomic E-state index is 12.0. The van der Waals surface area contributed by atoms with Crippen molar-refractivity contribution in [3.63, 3.8) is 0 Å². The van der Waals surface area contributed by atoms with E-state index in [0.717, 1.165) is 52.1 Å². The molecular weight excluding hydrogens is 226 g/mol. The molecule has 0 amide bonds. The Bertz CT molecular complexity index is 263. The predicted octanol–water partition coefficient (Wildman–Crippen LogP) is 2.74. The van der Waals surface area contributed by atoms with Crippen LogP contribution in [0.2, 0.25) is 0 Å². The first-order valence-electron chi connectivity index (χ1n) is 7.31. The van der Waals surface area contributed by atoms with E-state index in [1.807, 2.05) is 6.92 Å². The van der Waals surface area contributed by atoms with Gasteiger partial charge in [-0.05, 0) is 31.7 Å². The van der Waals surface area contributed by atoms with Gasteiger partial charge in [-0.25, -0.2) is 0 Å². The minimum Gasteiger partial charge on any atom is -0.380 e. The highest BCUT2D eigenvalue weighted by Crippen LogP contribution is 2.36. The van der Waals surface area contributed by atoms with Gasteiger partial charge < -0.3 is 9.64 Å². The first-order chi connectivity index (χ1) is 8.48. The lowest BCUT2D eigenvalue weighted by atomic mass is 9.71. The maximum Gasteiger partial charge on any atom is 0.137 e. The summed E-state index contributed by atoms with van der Waals surface area (Å²) in [5.74, 6) is 0.694. The normalized spacial score (nSPS) is 23.6. The quantitative estimate of drug-likeness (QED) is 0.655. The van der Waals surface area contributed by atoms with Crippen molar-refractivity contribution in [3.8, 4) is 0 Å². The molecule has 3 heteroatoms. The van der Waals surface area contributed by atoms with Crippen molar-refractivity contribution in [2.24, 2.45) is 11.3 Å². The van der Waals surface area contributed by atoms with Crippen molar-refractivity contribution in [2.75, 3.05) is 32.8 Å². The molecule has 3 nitrogen and oxygen atoms in total. The van der Waals surface area contributed by atoms with E-state index >= 15 is 0 Å². The summed E-state index contributed by atoms with van der Waals surface area (Å²) in [5, 5.41) is 0. The van der Waals surface area contributed by atoms with Crippen LogP contribution in [0.25, 0.3) is 0 Å². The van der Waals surface area contributed by atoms with E-state index < -0.39 is 0 Å².